The second kappa shape index (κ2) is 41.9. The molecule has 0 saturated carbocycles. The summed E-state index contributed by atoms with van der Waals surface area (Å²) in [5.74, 6) is 0. The molecule has 0 saturated heterocycles. The average Bonchev–Trinajstić information content (AvgIpc) is 0. The molecule has 0 aliphatic rings. The zero-order valence-electron chi connectivity index (χ0n) is 3.68. The Bertz CT molecular complexity index is 4.14. The van der Waals surface area contributed by atoms with E-state index in [2.05, 4.69) is 0 Å². The Morgan fingerprint density at radius 1 is 0.286 bits per heavy atom. The Hall–Kier alpha value is 5.51. The van der Waals surface area contributed by atoms with Gasteiger partial charge in [-0.3, -0.25) is 0 Å². The van der Waals surface area contributed by atoms with Crippen LogP contribution in [0.5, 0.6) is 0 Å². The van der Waals surface area contributed by atoms with Gasteiger partial charge in [-0.2, -0.15) is 0 Å². The molecule has 19 radical (unpaired) electrons. The summed E-state index contributed by atoms with van der Waals surface area (Å²) in [5.41, 5.74) is 0. The van der Waals surface area contributed by atoms with Crippen LogP contribution in [-0.4, -0.2) is 165 Å². The molecule has 0 heterocycles. The summed E-state index contributed by atoms with van der Waals surface area (Å²) in [5, 5.41) is 0. The molecule has 0 nitrogen and oxygen atoms in total. The first-order chi connectivity index (χ1) is 0. The van der Waals surface area contributed by atoms with Crippen molar-refractivity contribution in [2.45, 2.75) is 0 Å². The fourth-order valence-electron chi connectivity index (χ4n) is 0. The van der Waals surface area contributed by atoms with Crippen molar-refractivity contribution >= 4 is 165 Å². The molecule has 0 spiro atoms. The third-order valence-corrected chi connectivity index (χ3v) is 0. The van der Waals surface area contributed by atoms with Gasteiger partial charge in [-0.25, -0.2) is 0 Å². The van der Waals surface area contributed by atoms with Crippen molar-refractivity contribution in [1.82, 2.24) is 0 Å². The monoisotopic (exact) mass is 732 g/mol. The van der Waals surface area contributed by atoms with E-state index in [0.29, 0.717) is 0 Å². The molecular weight excluding hydrogens is 738 g/mol. The summed E-state index contributed by atoms with van der Waals surface area (Å²) < 4.78 is 0. The molecule has 0 atom stereocenters. The van der Waals surface area contributed by atoms with Crippen LogP contribution >= 0.6 is 0 Å². The second-order valence-electron chi connectivity index (χ2n) is 0. The Balaban J connectivity index is 0. The van der Waals surface area contributed by atoms with E-state index in [1.807, 2.05) is 0 Å². The smallest absolute Gasteiger partial charge is 0 e. The van der Waals surface area contributed by atoms with Gasteiger partial charge in [-0.15, -0.1) is 0 Å². The van der Waals surface area contributed by atoms with Crippen LogP contribution in [0.1, 0.15) is 0 Å². The van der Waals surface area contributed by atoms with Crippen LogP contribution in [-0.2, 0) is 0 Å². The van der Waals surface area contributed by atoms with Crippen molar-refractivity contribution < 1.29 is 0 Å². The van der Waals surface area contributed by atoms with Gasteiger partial charge in [0, 0.05) is 165 Å². The van der Waals surface area contributed by atoms with E-state index in [1.165, 1.54) is 0 Å². The van der Waals surface area contributed by atoms with E-state index in [-0.39, 0.29) is 165 Å². The predicted octanol–water partition coefficient (Wildman–Crippen LogP) is -2.67. The van der Waals surface area contributed by atoms with Crippen molar-refractivity contribution in [2.75, 3.05) is 0 Å². The van der Waals surface area contributed by atoms with E-state index >= 15 is 0 Å². The van der Waals surface area contributed by atoms with Crippen molar-refractivity contribution in [1.29, 1.82) is 0 Å². The van der Waals surface area contributed by atoms with Crippen LogP contribution in [0, 0.1) is 0 Å². The van der Waals surface area contributed by atoms with E-state index < -0.39 is 0 Å². The van der Waals surface area contributed by atoms with Gasteiger partial charge in [0.2, 0.25) is 0 Å². The topological polar surface area (TPSA) is 0 Å². The minimum atomic E-state index is 0. The zero-order chi connectivity index (χ0) is 0. The van der Waals surface area contributed by atoms with Gasteiger partial charge in [0.1, 0.15) is 0 Å². The quantitative estimate of drug-likeness (QED) is 0.239. The molecule has 7 heavy (non-hydrogen) atoms. The van der Waals surface area contributed by atoms with Gasteiger partial charge in [0.05, 0.1) is 0 Å². The maximum absolute atomic E-state index is 0. The standard InChI is InChI=1S/Li.6Sb. The molecule has 0 amide bonds. The van der Waals surface area contributed by atoms with Gasteiger partial charge < -0.3 is 0 Å². The van der Waals surface area contributed by atoms with Crippen molar-refractivity contribution in [2.24, 2.45) is 0 Å². The van der Waals surface area contributed by atoms with E-state index in [9.17, 15) is 0 Å². The summed E-state index contributed by atoms with van der Waals surface area (Å²) in [6.07, 6.45) is 0. The first-order valence-electron chi connectivity index (χ1n) is 0. The Morgan fingerprint density at radius 2 is 0.286 bits per heavy atom. The summed E-state index contributed by atoms with van der Waals surface area (Å²) in [4.78, 5) is 0. The van der Waals surface area contributed by atoms with Gasteiger partial charge in [0.15, 0.2) is 0 Å². The molecule has 0 aliphatic carbocycles. The summed E-state index contributed by atoms with van der Waals surface area (Å²) >= 11 is 0. The molecule has 0 unspecified atom stereocenters. The van der Waals surface area contributed by atoms with E-state index in [1.54, 1.807) is 0 Å². The van der Waals surface area contributed by atoms with Crippen molar-refractivity contribution in [3.63, 3.8) is 0 Å². The Labute approximate surface area is 161 Å². The van der Waals surface area contributed by atoms with Crippen LogP contribution in [0.4, 0.5) is 0 Å². The molecule has 0 aliphatic heterocycles. The summed E-state index contributed by atoms with van der Waals surface area (Å²) in [7, 11) is 0. The molecule has 0 bridgehead atoms. The third kappa shape index (κ3) is 34.3. The molecule has 0 aromatic carbocycles. The zero-order valence-corrected chi connectivity index (χ0v) is 19.0. The summed E-state index contributed by atoms with van der Waals surface area (Å²) in [6, 6.07) is 0. The van der Waals surface area contributed by atoms with Crippen molar-refractivity contribution in [3.05, 3.63) is 0 Å². The fourth-order valence-corrected chi connectivity index (χ4v) is 0. The first kappa shape index (κ1) is 54.6. The third-order valence-electron chi connectivity index (χ3n) is 0. The Kier molecular flexibility index (Phi) is 327. The maximum Gasteiger partial charge on any atom is 0 e. The van der Waals surface area contributed by atoms with E-state index in [0.717, 1.165) is 0 Å². The van der Waals surface area contributed by atoms with Gasteiger partial charge in [0.25, 0.3) is 0 Å². The number of hydrogen-bond donors (Lipinski definition) is 0. The number of rotatable bonds is 0. The average molecular weight is 738 g/mol. The fraction of sp³-hybridized carbons (Fsp3) is 0. The SMILES string of the molecule is [Li].[Sb].[Sb].[Sb].[Sb].[Sb].[Sb]. The van der Waals surface area contributed by atoms with Gasteiger partial charge >= 0.3 is 0 Å². The minimum Gasteiger partial charge on any atom is 0 e. The number of hydrogen-bond acceptors (Lipinski definition) is 0. The van der Waals surface area contributed by atoms with E-state index in [4.69, 9.17) is 0 Å². The predicted molar refractivity (Wildman–Crippen MR) is 40.3 cm³/mol. The molecular formula is LiSb6. The Morgan fingerprint density at radius 3 is 0.286 bits per heavy atom. The maximum atomic E-state index is 0. The largest absolute Gasteiger partial charge is 0 e. The van der Waals surface area contributed by atoms with Crippen LogP contribution in [0.25, 0.3) is 0 Å². The molecule has 7 heteroatoms. The molecule has 0 fully saturated rings. The van der Waals surface area contributed by atoms with Gasteiger partial charge in [-0.05, 0) is 0 Å². The molecule has 31 valence electrons. The van der Waals surface area contributed by atoms with Crippen LogP contribution in [0.3, 0.4) is 0 Å². The van der Waals surface area contributed by atoms with Crippen LogP contribution < -0.4 is 0 Å². The molecule has 0 aromatic heterocycles. The molecule has 0 rings (SSSR count). The van der Waals surface area contributed by atoms with Crippen LogP contribution in [0.15, 0.2) is 0 Å². The first-order valence-corrected chi connectivity index (χ1v) is 0. The molecule has 0 aromatic rings. The minimum absolute atomic E-state index is 0. The normalized spacial score (nSPS) is 0. The van der Waals surface area contributed by atoms with Crippen molar-refractivity contribution in [3.8, 4) is 0 Å². The molecule has 0 N–H and O–H groups in total. The second-order valence-corrected chi connectivity index (χ2v) is 0. The summed E-state index contributed by atoms with van der Waals surface area (Å²) in [6.45, 7) is 0. The van der Waals surface area contributed by atoms with Gasteiger partial charge in [-0.1, -0.05) is 0 Å². The van der Waals surface area contributed by atoms with Crippen LogP contribution in [0.2, 0.25) is 0 Å².